The van der Waals surface area contributed by atoms with Crippen LogP contribution in [-0.2, 0) is 10.1 Å². The van der Waals surface area contributed by atoms with Gasteiger partial charge in [-0.3, -0.25) is 9.87 Å². The molecule has 0 aromatic carbocycles. The molecule has 0 saturated carbocycles. The Hall–Kier alpha value is -0.290. The van der Waals surface area contributed by atoms with Gasteiger partial charge in [-0.05, 0) is 12.3 Å². The van der Waals surface area contributed by atoms with E-state index in [2.05, 4.69) is 5.32 Å². The Morgan fingerprint density at radius 3 is 1.89 bits per heavy atom. The summed E-state index contributed by atoms with van der Waals surface area (Å²) in [4.78, 5) is 0. The summed E-state index contributed by atoms with van der Waals surface area (Å²) in [6.07, 6.45) is -1.80. The largest absolute Gasteiger partial charge is 0.394 e. The number of rotatable bonds is 8. The predicted octanol–water partition coefficient (Wildman–Crippen LogP) is -2.13. The van der Waals surface area contributed by atoms with Crippen molar-refractivity contribution in [2.24, 2.45) is 5.92 Å². The minimum Gasteiger partial charge on any atom is -0.394 e. The first-order valence-corrected chi connectivity index (χ1v) is 6.90. The van der Waals surface area contributed by atoms with E-state index in [1.807, 2.05) is 0 Å². The van der Waals surface area contributed by atoms with Crippen LogP contribution < -0.4 is 5.32 Å². The van der Waals surface area contributed by atoms with E-state index in [1.165, 1.54) is 0 Å². The van der Waals surface area contributed by atoms with Crippen molar-refractivity contribution in [2.75, 3.05) is 13.2 Å². The molecule has 6 N–H and O–H groups in total. The van der Waals surface area contributed by atoms with Crippen molar-refractivity contribution < 1.29 is 33.4 Å². The van der Waals surface area contributed by atoms with Crippen LogP contribution in [0.25, 0.3) is 0 Å². The third-order valence-electron chi connectivity index (χ3n) is 2.43. The number of aliphatic hydroxyl groups is 4. The molecular weight excluding hydrogens is 266 g/mol. The summed E-state index contributed by atoms with van der Waals surface area (Å²) in [6.45, 7) is 2.45. The fourth-order valence-electron chi connectivity index (χ4n) is 1.66. The summed E-state index contributed by atoms with van der Waals surface area (Å²) in [5.41, 5.74) is -3.80. The van der Waals surface area contributed by atoms with Crippen LogP contribution in [0, 0.1) is 5.92 Å². The van der Waals surface area contributed by atoms with Gasteiger partial charge in [0, 0.05) is 0 Å². The second kappa shape index (κ2) is 6.75. The topological polar surface area (TPSA) is 147 Å². The number of hydrogen-bond donors (Lipinski definition) is 6. The summed E-state index contributed by atoms with van der Waals surface area (Å²) >= 11 is 0. The van der Waals surface area contributed by atoms with Gasteiger partial charge in [0.2, 0.25) is 5.44 Å². The molecule has 0 rings (SSSR count). The number of aliphatic hydroxyl groups excluding tert-OH is 4. The molecule has 0 heterocycles. The fraction of sp³-hybridized carbons (Fsp3) is 1.00. The average molecular weight is 287 g/mol. The highest BCUT2D eigenvalue weighted by atomic mass is 32.2. The van der Waals surface area contributed by atoms with E-state index in [-0.39, 0.29) is 12.3 Å². The van der Waals surface area contributed by atoms with Crippen molar-refractivity contribution in [1.29, 1.82) is 0 Å². The molecule has 9 heteroatoms. The van der Waals surface area contributed by atoms with Crippen molar-refractivity contribution in [1.82, 2.24) is 5.32 Å². The summed E-state index contributed by atoms with van der Waals surface area (Å²) in [5, 5.41) is 39.3. The quantitative estimate of drug-likeness (QED) is 0.219. The average Bonchev–Trinajstić information content (AvgIpc) is 2.24. The maximum Gasteiger partial charge on any atom is 0.296 e. The smallest absolute Gasteiger partial charge is 0.296 e. The summed E-state index contributed by atoms with van der Waals surface area (Å²) in [7, 11) is -4.84. The molecule has 2 atom stereocenters. The molecule has 0 fully saturated rings. The monoisotopic (exact) mass is 287 g/mol. The van der Waals surface area contributed by atoms with Crippen molar-refractivity contribution in [2.45, 2.75) is 37.5 Å². The molecule has 0 aliphatic heterocycles. The molecule has 0 aliphatic rings. The minimum absolute atomic E-state index is 0.0341. The fourth-order valence-corrected chi connectivity index (χ4v) is 2.05. The third-order valence-corrected chi connectivity index (χ3v) is 3.30. The molecule has 0 aliphatic carbocycles. The normalized spacial score (nSPS) is 16.9. The SMILES string of the molecule is CC(C)CC(CO)(CO)NC(O)C(O)S(=O)(=O)O. The van der Waals surface area contributed by atoms with E-state index in [4.69, 9.17) is 9.66 Å². The lowest BCUT2D eigenvalue weighted by atomic mass is 9.90. The molecule has 8 nitrogen and oxygen atoms in total. The van der Waals surface area contributed by atoms with Crippen LogP contribution in [0.2, 0.25) is 0 Å². The molecule has 0 amide bonds. The molecule has 0 aromatic heterocycles. The standard InChI is InChI=1S/C9H21NO7S/c1-6(2)3-9(4-11,5-12)10-7(13)8(14)18(15,16)17/h6-8,10-14H,3-5H2,1-2H3,(H,15,16,17). The Balaban J connectivity index is 4.89. The van der Waals surface area contributed by atoms with Gasteiger partial charge in [0.15, 0.2) is 0 Å². The summed E-state index contributed by atoms with van der Waals surface area (Å²) in [6, 6.07) is 0. The van der Waals surface area contributed by atoms with Gasteiger partial charge in [-0.2, -0.15) is 8.42 Å². The third kappa shape index (κ3) is 5.14. The van der Waals surface area contributed by atoms with Crippen LogP contribution in [0.5, 0.6) is 0 Å². The van der Waals surface area contributed by atoms with Gasteiger partial charge in [0.25, 0.3) is 10.1 Å². The molecule has 0 aromatic rings. The van der Waals surface area contributed by atoms with E-state index in [0.29, 0.717) is 0 Å². The maximum absolute atomic E-state index is 10.6. The van der Waals surface area contributed by atoms with E-state index < -0.39 is 40.5 Å². The van der Waals surface area contributed by atoms with Gasteiger partial charge >= 0.3 is 0 Å². The van der Waals surface area contributed by atoms with Crippen molar-refractivity contribution in [3.05, 3.63) is 0 Å². The first-order valence-electron chi connectivity index (χ1n) is 5.40. The summed E-state index contributed by atoms with van der Waals surface area (Å²) < 4.78 is 29.9. The highest BCUT2D eigenvalue weighted by molar-refractivity contribution is 7.86. The van der Waals surface area contributed by atoms with Crippen molar-refractivity contribution in [3.63, 3.8) is 0 Å². The van der Waals surface area contributed by atoms with E-state index >= 15 is 0 Å². The molecule has 0 saturated heterocycles. The lowest BCUT2D eigenvalue weighted by Crippen LogP contribution is -2.60. The van der Waals surface area contributed by atoms with Crippen LogP contribution in [-0.4, -0.2) is 63.8 Å². The van der Waals surface area contributed by atoms with E-state index in [0.717, 1.165) is 0 Å². The lowest BCUT2D eigenvalue weighted by Gasteiger charge is -2.35. The molecule has 0 radical (unpaired) electrons. The lowest BCUT2D eigenvalue weighted by molar-refractivity contribution is -0.0230. The highest BCUT2D eigenvalue weighted by Crippen LogP contribution is 2.18. The van der Waals surface area contributed by atoms with Crippen molar-refractivity contribution >= 4 is 10.1 Å². The van der Waals surface area contributed by atoms with E-state index in [9.17, 15) is 23.7 Å². The predicted molar refractivity (Wildman–Crippen MR) is 63.1 cm³/mol. The Kier molecular flexibility index (Phi) is 6.65. The Bertz CT molecular complexity index is 339. The van der Waals surface area contributed by atoms with Gasteiger partial charge in [-0.15, -0.1) is 0 Å². The zero-order chi connectivity index (χ0) is 14.6. The second-order valence-corrected chi connectivity index (χ2v) is 6.20. The molecule has 18 heavy (non-hydrogen) atoms. The molecule has 2 unspecified atom stereocenters. The Morgan fingerprint density at radius 1 is 1.17 bits per heavy atom. The van der Waals surface area contributed by atoms with E-state index in [1.54, 1.807) is 13.8 Å². The van der Waals surface area contributed by atoms with Crippen LogP contribution in [0.3, 0.4) is 0 Å². The highest BCUT2D eigenvalue weighted by Gasteiger charge is 2.37. The zero-order valence-corrected chi connectivity index (χ0v) is 11.1. The maximum atomic E-state index is 10.6. The Morgan fingerprint density at radius 2 is 1.61 bits per heavy atom. The van der Waals surface area contributed by atoms with Crippen molar-refractivity contribution in [3.8, 4) is 0 Å². The zero-order valence-electron chi connectivity index (χ0n) is 10.3. The number of hydrogen-bond acceptors (Lipinski definition) is 7. The second-order valence-electron chi connectivity index (χ2n) is 4.69. The van der Waals surface area contributed by atoms with Gasteiger partial charge < -0.3 is 20.4 Å². The minimum atomic E-state index is -4.84. The van der Waals surface area contributed by atoms with Gasteiger partial charge in [-0.25, -0.2) is 0 Å². The van der Waals surface area contributed by atoms with Gasteiger partial charge in [0.1, 0.15) is 6.23 Å². The molecule has 0 bridgehead atoms. The van der Waals surface area contributed by atoms with Crippen LogP contribution >= 0.6 is 0 Å². The first-order chi connectivity index (χ1) is 8.08. The van der Waals surface area contributed by atoms with Crippen LogP contribution in [0.4, 0.5) is 0 Å². The molecule has 110 valence electrons. The molecule has 0 spiro atoms. The summed E-state index contributed by atoms with van der Waals surface area (Å²) in [5.74, 6) is 0.0341. The first kappa shape index (κ1) is 17.7. The van der Waals surface area contributed by atoms with Gasteiger partial charge in [-0.1, -0.05) is 13.8 Å². The van der Waals surface area contributed by atoms with Gasteiger partial charge in [0.05, 0.1) is 18.8 Å². The number of nitrogens with one attached hydrogen (secondary N) is 1. The molecular formula is C9H21NO7S. The Labute approximate surface area is 106 Å². The van der Waals surface area contributed by atoms with Crippen LogP contribution in [0.1, 0.15) is 20.3 Å². The van der Waals surface area contributed by atoms with Crippen LogP contribution in [0.15, 0.2) is 0 Å².